The molecule has 6 aromatic carbocycles. The average Bonchev–Trinajstić information content (AvgIpc) is 3.16. The number of urea groups is 2. The first kappa shape index (κ1) is 34.9. The normalized spacial score (nSPS) is 10.5. The van der Waals surface area contributed by atoms with Crippen LogP contribution in [0.25, 0.3) is 11.1 Å². The van der Waals surface area contributed by atoms with Gasteiger partial charge in [0.2, 0.25) is 0 Å². The maximum absolute atomic E-state index is 14.3. The lowest BCUT2D eigenvalue weighted by Gasteiger charge is -2.35. The van der Waals surface area contributed by atoms with Crippen molar-refractivity contribution in [2.75, 3.05) is 20.7 Å². The Morgan fingerprint density at radius 3 is 1.36 bits per heavy atom. The third-order valence-electron chi connectivity index (χ3n) is 7.71. The minimum atomic E-state index is -1.08. The van der Waals surface area contributed by atoms with Crippen molar-refractivity contribution in [3.63, 3.8) is 0 Å². The third-order valence-corrected chi connectivity index (χ3v) is 7.71. The van der Waals surface area contributed by atoms with Gasteiger partial charge >= 0.3 is 12.1 Å². The van der Waals surface area contributed by atoms with E-state index >= 15 is 0 Å². The van der Waals surface area contributed by atoms with Crippen LogP contribution in [0.2, 0.25) is 0 Å². The molecule has 0 unspecified atom stereocenters. The Morgan fingerprint density at radius 2 is 0.925 bits per heavy atom. The summed E-state index contributed by atoms with van der Waals surface area (Å²) >= 11 is 0. The van der Waals surface area contributed by atoms with Gasteiger partial charge in [-0.25, -0.2) is 9.59 Å². The molecule has 0 fully saturated rings. The molecule has 0 heterocycles. The molecule has 0 aliphatic rings. The van der Waals surface area contributed by atoms with E-state index in [0.29, 0.717) is 21.5 Å². The van der Waals surface area contributed by atoms with E-state index < -0.39 is 56.2 Å². The minimum absolute atomic E-state index is 0.201. The van der Waals surface area contributed by atoms with E-state index in [2.05, 4.69) is 10.6 Å². The number of ether oxygens (including phenoxy) is 1. The van der Waals surface area contributed by atoms with Gasteiger partial charge in [-0.05, 0) is 71.8 Å². The highest BCUT2D eigenvalue weighted by Crippen LogP contribution is 2.39. The van der Waals surface area contributed by atoms with Crippen molar-refractivity contribution in [2.24, 2.45) is 0 Å². The number of anilines is 4. The summed E-state index contributed by atoms with van der Waals surface area (Å²) in [6, 6.07) is 34.7. The number of nitrogens with one attached hydrogen (secondary N) is 2. The summed E-state index contributed by atoms with van der Waals surface area (Å²) in [4.78, 5) is 50.0. The van der Waals surface area contributed by atoms with Crippen molar-refractivity contribution in [3.8, 4) is 34.1 Å². The largest absolute Gasteiger partial charge is 0.505 e. The number of aromatic hydroxyl groups is 2. The van der Waals surface area contributed by atoms with Gasteiger partial charge in [0, 0.05) is 23.5 Å². The maximum Gasteiger partial charge on any atom is 0.346 e. The number of nitro benzene ring substituents is 2. The summed E-state index contributed by atoms with van der Waals surface area (Å²) in [5, 5.41) is 51.6. The molecule has 264 valence electrons. The molecule has 6 aromatic rings. The Labute approximate surface area is 300 Å². The van der Waals surface area contributed by atoms with Crippen LogP contribution in [0.1, 0.15) is 0 Å². The van der Waals surface area contributed by atoms with Crippen LogP contribution in [0.15, 0.2) is 146 Å². The van der Waals surface area contributed by atoms with E-state index in [9.17, 15) is 40.0 Å². The van der Waals surface area contributed by atoms with Crippen molar-refractivity contribution in [3.05, 3.63) is 166 Å². The molecule has 0 aromatic heterocycles. The zero-order valence-electron chi connectivity index (χ0n) is 27.4. The number of hydrogen-bond donors (Lipinski definition) is 4. The van der Waals surface area contributed by atoms with Crippen LogP contribution >= 0.6 is 0 Å². The molecule has 0 atom stereocenters. The van der Waals surface area contributed by atoms with Crippen LogP contribution in [-0.2, 0) is 0 Å². The van der Waals surface area contributed by atoms with E-state index in [1.165, 1.54) is 12.1 Å². The number of carbonyl (C=O) groups is 2. The lowest BCUT2D eigenvalue weighted by Crippen LogP contribution is -2.54. The molecule has 0 spiro atoms. The van der Waals surface area contributed by atoms with Crippen molar-refractivity contribution in [1.82, 2.24) is 0 Å². The van der Waals surface area contributed by atoms with Gasteiger partial charge < -0.3 is 25.6 Å². The number of carbonyl (C=O) groups excluding carboxylic acids is 2. The highest BCUT2D eigenvalue weighted by Gasteiger charge is 2.34. The molecule has 0 bridgehead atoms. The van der Waals surface area contributed by atoms with Crippen molar-refractivity contribution in [1.29, 1.82) is 0 Å². The molecular formula is C38H28N6O9. The van der Waals surface area contributed by atoms with Gasteiger partial charge in [0.15, 0.2) is 0 Å². The van der Waals surface area contributed by atoms with Crippen LogP contribution in [0.3, 0.4) is 0 Å². The fourth-order valence-corrected chi connectivity index (χ4v) is 5.19. The maximum atomic E-state index is 14.3. The van der Waals surface area contributed by atoms with Gasteiger partial charge in [0.1, 0.15) is 34.4 Å². The topological polar surface area (TPSA) is 201 Å². The summed E-state index contributed by atoms with van der Waals surface area (Å²) in [6.45, 7) is 0. The molecule has 4 N–H and O–H groups in total. The Morgan fingerprint density at radius 1 is 0.528 bits per heavy atom. The van der Waals surface area contributed by atoms with Crippen molar-refractivity contribution in [2.45, 2.75) is 0 Å². The van der Waals surface area contributed by atoms with Gasteiger partial charge in [0.05, 0.1) is 22.0 Å². The predicted octanol–water partition coefficient (Wildman–Crippen LogP) is 9.07. The molecule has 0 aliphatic carbocycles. The quantitative estimate of drug-likeness (QED) is 0.0833. The third kappa shape index (κ3) is 8.11. The van der Waals surface area contributed by atoms with Crippen molar-refractivity contribution < 1.29 is 34.4 Å². The molecule has 53 heavy (non-hydrogen) atoms. The molecule has 0 radical (unpaired) electrons. The fourth-order valence-electron chi connectivity index (χ4n) is 5.19. The first-order chi connectivity index (χ1) is 25.6. The molecule has 0 saturated heterocycles. The van der Waals surface area contributed by atoms with Crippen LogP contribution in [0, 0.1) is 20.2 Å². The van der Waals surface area contributed by atoms with E-state index in [1.54, 1.807) is 60.7 Å². The molecule has 0 saturated carbocycles. The number of rotatable bonds is 9. The van der Waals surface area contributed by atoms with Gasteiger partial charge in [-0.1, -0.05) is 60.7 Å². The standard InChI is InChI=1S/C38H28N6O9/c45-35-23-29(43(49)50)17-21-33(35)41(37(47)39-27-13-11-26(12-14-27)25-7-3-1-4-8-25)42(34-22-18-30(44(51)52)24-36(34)46)38(48)40-28-15-19-32(20-16-28)53-31-9-5-2-6-10-31/h1-24,45-46H,(H,39,47)(H,40,48). The Hall–Kier alpha value is -7.94. The summed E-state index contributed by atoms with van der Waals surface area (Å²) in [5.41, 5.74) is 0.320. The number of phenolic OH excluding ortho intramolecular Hbond substituents is 2. The highest BCUT2D eigenvalue weighted by atomic mass is 16.6. The summed E-state index contributed by atoms with van der Waals surface area (Å²) < 4.78 is 5.81. The summed E-state index contributed by atoms with van der Waals surface area (Å²) in [5.74, 6) is -0.555. The molecular weight excluding hydrogens is 684 g/mol. The van der Waals surface area contributed by atoms with Crippen molar-refractivity contribution >= 4 is 46.2 Å². The van der Waals surface area contributed by atoms with Crippen LogP contribution < -0.4 is 25.4 Å². The number of benzene rings is 6. The van der Waals surface area contributed by atoms with E-state index in [-0.39, 0.29) is 11.4 Å². The predicted molar refractivity (Wildman–Crippen MR) is 197 cm³/mol. The number of phenols is 2. The molecule has 15 nitrogen and oxygen atoms in total. The number of nitrogens with zero attached hydrogens (tertiary/aromatic N) is 4. The second-order valence-electron chi connectivity index (χ2n) is 11.2. The molecule has 6 rings (SSSR count). The second kappa shape index (κ2) is 15.3. The Kier molecular flexibility index (Phi) is 10.1. The number of para-hydroxylation sites is 1. The monoisotopic (exact) mass is 712 g/mol. The van der Waals surface area contributed by atoms with E-state index in [0.717, 1.165) is 47.5 Å². The summed E-state index contributed by atoms with van der Waals surface area (Å²) in [7, 11) is 0. The SMILES string of the molecule is O=C(Nc1ccc(Oc2ccccc2)cc1)N(c1ccc([N+](=O)[O-])cc1O)N(C(=O)Nc1ccc(-c2ccccc2)cc1)c1ccc([N+](=O)[O-])cc1O. The number of non-ortho nitro benzene ring substituents is 2. The number of hydrazine groups is 1. The average molecular weight is 713 g/mol. The molecule has 15 heteroatoms. The first-order valence-electron chi connectivity index (χ1n) is 15.7. The van der Waals surface area contributed by atoms with E-state index in [1.807, 2.05) is 36.4 Å². The minimum Gasteiger partial charge on any atom is -0.505 e. The zero-order valence-corrected chi connectivity index (χ0v) is 27.4. The van der Waals surface area contributed by atoms with Gasteiger partial charge in [-0.3, -0.25) is 20.2 Å². The Bertz CT molecular complexity index is 2290. The van der Waals surface area contributed by atoms with Crippen LogP contribution in [0.5, 0.6) is 23.0 Å². The van der Waals surface area contributed by atoms with Crippen LogP contribution in [-0.4, -0.2) is 32.1 Å². The zero-order chi connectivity index (χ0) is 37.5. The lowest BCUT2D eigenvalue weighted by atomic mass is 10.1. The smallest absolute Gasteiger partial charge is 0.346 e. The number of hydrogen-bond acceptors (Lipinski definition) is 9. The molecule has 4 amide bonds. The fraction of sp³-hybridized carbons (Fsp3) is 0. The number of nitro groups is 2. The van der Waals surface area contributed by atoms with E-state index in [4.69, 9.17) is 4.74 Å². The van der Waals surface area contributed by atoms with Crippen LogP contribution in [0.4, 0.5) is 43.7 Å². The lowest BCUT2D eigenvalue weighted by molar-refractivity contribution is -0.385. The Balaban J connectivity index is 1.40. The number of amides is 4. The van der Waals surface area contributed by atoms with Gasteiger partial charge in [-0.15, -0.1) is 0 Å². The first-order valence-corrected chi connectivity index (χ1v) is 15.7. The molecule has 0 aliphatic heterocycles. The van der Waals surface area contributed by atoms with Gasteiger partial charge in [0.25, 0.3) is 11.4 Å². The highest BCUT2D eigenvalue weighted by molar-refractivity contribution is 6.14. The summed E-state index contributed by atoms with van der Waals surface area (Å²) in [6.07, 6.45) is 0. The van der Waals surface area contributed by atoms with Gasteiger partial charge in [-0.2, -0.15) is 10.0 Å². The second-order valence-corrected chi connectivity index (χ2v) is 11.2.